The molecule has 2 saturated heterocycles. The minimum Gasteiger partial charge on any atom is -0.393 e. The van der Waals surface area contributed by atoms with Gasteiger partial charge in [0.1, 0.15) is 0 Å². The lowest BCUT2D eigenvalue weighted by Gasteiger charge is -2.60. The maximum absolute atomic E-state index is 11.8. The molecule has 0 aromatic carbocycles. The van der Waals surface area contributed by atoms with Crippen molar-refractivity contribution in [2.45, 2.75) is 103 Å². The van der Waals surface area contributed by atoms with Gasteiger partial charge in [-0.2, -0.15) is 0 Å². The van der Waals surface area contributed by atoms with E-state index in [4.69, 9.17) is 0 Å². The average molecular weight is 414 g/mol. The number of aliphatic hydroxyl groups is 2. The van der Waals surface area contributed by atoms with Gasteiger partial charge in [-0.05, 0) is 92.3 Å². The van der Waals surface area contributed by atoms with E-state index in [0.29, 0.717) is 23.8 Å². The highest BCUT2D eigenvalue weighted by Crippen LogP contribution is 2.69. The van der Waals surface area contributed by atoms with Crippen LogP contribution in [0.25, 0.3) is 0 Å². The third-order valence-electron chi connectivity index (χ3n) is 11.8. The predicted molar refractivity (Wildman–Crippen MR) is 120 cm³/mol. The van der Waals surface area contributed by atoms with Gasteiger partial charge in [0.25, 0.3) is 0 Å². The molecule has 0 spiro atoms. The summed E-state index contributed by atoms with van der Waals surface area (Å²) in [5.74, 6) is 4.19. The van der Waals surface area contributed by atoms with Gasteiger partial charge in [-0.3, -0.25) is 4.90 Å². The number of rotatable bonds is 0. The summed E-state index contributed by atoms with van der Waals surface area (Å²) >= 11 is 0. The summed E-state index contributed by atoms with van der Waals surface area (Å²) in [4.78, 5) is 2.91. The van der Waals surface area contributed by atoms with Crippen molar-refractivity contribution >= 4 is 0 Å². The van der Waals surface area contributed by atoms with Crippen molar-refractivity contribution < 1.29 is 10.2 Å². The van der Waals surface area contributed by atoms with Gasteiger partial charge in [0, 0.05) is 24.0 Å². The Kier molecular flexibility index (Phi) is 4.44. The maximum Gasteiger partial charge on any atom is 0.0603 e. The third kappa shape index (κ3) is 2.44. The van der Waals surface area contributed by atoms with E-state index in [-0.39, 0.29) is 23.0 Å². The topological polar surface area (TPSA) is 43.7 Å². The SMILES string of the molecule is CC1CCC2C(C)C3C(CC4C5CC=C6CC(O)CC[C@]6(C)C5CC(O)[C@@]43C)N2C1. The fourth-order valence-corrected chi connectivity index (χ4v) is 10.3. The summed E-state index contributed by atoms with van der Waals surface area (Å²) in [6, 6.07) is 1.46. The van der Waals surface area contributed by atoms with E-state index in [9.17, 15) is 10.2 Å². The summed E-state index contributed by atoms with van der Waals surface area (Å²) in [5.41, 5.74) is 1.80. The van der Waals surface area contributed by atoms with E-state index < -0.39 is 0 Å². The Labute approximate surface area is 183 Å². The van der Waals surface area contributed by atoms with Gasteiger partial charge in [0.2, 0.25) is 0 Å². The van der Waals surface area contributed by atoms with Crippen molar-refractivity contribution in [1.29, 1.82) is 0 Å². The minimum atomic E-state index is -0.164. The Morgan fingerprint density at radius 3 is 2.60 bits per heavy atom. The minimum absolute atomic E-state index is 0.0850. The molecule has 30 heavy (non-hydrogen) atoms. The molecular weight excluding hydrogens is 370 g/mol. The molecule has 0 aromatic heterocycles. The number of aliphatic hydroxyl groups excluding tert-OH is 2. The molecule has 0 amide bonds. The molecule has 10 unspecified atom stereocenters. The van der Waals surface area contributed by atoms with Crippen molar-refractivity contribution in [2.75, 3.05) is 6.54 Å². The average Bonchev–Trinajstić information content (AvgIpc) is 3.17. The highest BCUT2D eigenvalue weighted by Gasteiger charge is 2.69. The zero-order chi connectivity index (χ0) is 21.0. The second-order valence-corrected chi connectivity index (χ2v) is 12.9. The largest absolute Gasteiger partial charge is 0.393 e. The van der Waals surface area contributed by atoms with Crippen molar-refractivity contribution in [3.05, 3.63) is 11.6 Å². The first kappa shape index (κ1) is 20.2. The summed E-state index contributed by atoms with van der Waals surface area (Å²) in [7, 11) is 0. The number of hydrogen-bond acceptors (Lipinski definition) is 3. The van der Waals surface area contributed by atoms with Crippen LogP contribution in [0, 0.1) is 46.3 Å². The van der Waals surface area contributed by atoms with E-state index in [2.05, 4.69) is 38.7 Å². The summed E-state index contributed by atoms with van der Waals surface area (Å²) in [5, 5.41) is 22.1. The fourth-order valence-electron chi connectivity index (χ4n) is 10.3. The van der Waals surface area contributed by atoms with Crippen LogP contribution in [0.15, 0.2) is 11.6 Å². The van der Waals surface area contributed by atoms with Crippen LogP contribution in [0.5, 0.6) is 0 Å². The molecule has 3 nitrogen and oxygen atoms in total. The molecule has 0 aromatic rings. The van der Waals surface area contributed by atoms with Crippen molar-refractivity contribution in [2.24, 2.45) is 46.3 Å². The van der Waals surface area contributed by atoms with Crippen LogP contribution in [0.3, 0.4) is 0 Å². The molecule has 6 rings (SSSR count). The van der Waals surface area contributed by atoms with Crippen LogP contribution in [0.2, 0.25) is 0 Å². The molecule has 3 saturated carbocycles. The second kappa shape index (κ2) is 6.58. The van der Waals surface area contributed by atoms with Gasteiger partial charge in [-0.1, -0.05) is 39.3 Å². The van der Waals surface area contributed by atoms with E-state index in [1.807, 2.05) is 0 Å². The maximum atomic E-state index is 11.8. The van der Waals surface area contributed by atoms with Gasteiger partial charge in [-0.25, -0.2) is 0 Å². The zero-order valence-corrected chi connectivity index (χ0v) is 19.6. The Morgan fingerprint density at radius 2 is 1.80 bits per heavy atom. The zero-order valence-electron chi connectivity index (χ0n) is 19.6. The van der Waals surface area contributed by atoms with E-state index in [1.165, 1.54) is 37.8 Å². The molecule has 168 valence electrons. The highest BCUT2D eigenvalue weighted by atomic mass is 16.3. The van der Waals surface area contributed by atoms with Gasteiger partial charge in [-0.15, -0.1) is 0 Å². The van der Waals surface area contributed by atoms with E-state index >= 15 is 0 Å². The number of hydrogen-bond donors (Lipinski definition) is 2. The molecule has 0 bridgehead atoms. The van der Waals surface area contributed by atoms with Crippen LogP contribution in [0.4, 0.5) is 0 Å². The first-order valence-corrected chi connectivity index (χ1v) is 13.1. The van der Waals surface area contributed by atoms with Crippen molar-refractivity contribution in [3.63, 3.8) is 0 Å². The van der Waals surface area contributed by atoms with E-state index in [1.54, 1.807) is 0 Å². The third-order valence-corrected chi connectivity index (χ3v) is 11.8. The molecule has 0 radical (unpaired) electrons. The van der Waals surface area contributed by atoms with Crippen LogP contribution in [-0.4, -0.2) is 45.9 Å². The molecule has 3 heteroatoms. The van der Waals surface area contributed by atoms with Crippen molar-refractivity contribution in [1.82, 2.24) is 4.90 Å². The molecule has 4 aliphatic carbocycles. The molecule has 2 N–H and O–H groups in total. The molecule has 6 aliphatic rings. The predicted octanol–water partition coefficient (Wildman–Crippen LogP) is 4.63. The molecule has 2 aliphatic heterocycles. The van der Waals surface area contributed by atoms with E-state index in [0.717, 1.165) is 49.5 Å². The molecule has 2 heterocycles. The molecule has 12 atom stereocenters. The monoisotopic (exact) mass is 413 g/mol. The van der Waals surface area contributed by atoms with Crippen molar-refractivity contribution in [3.8, 4) is 0 Å². The van der Waals surface area contributed by atoms with Gasteiger partial charge in [0.15, 0.2) is 0 Å². The lowest BCUT2D eigenvalue weighted by Crippen LogP contribution is -2.57. The summed E-state index contributed by atoms with van der Waals surface area (Å²) in [6.07, 6.45) is 11.4. The van der Waals surface area contributed by atoms with Gasteiger partial charge >= 0.3 is 0 Å². The Balaban J connectivity index is 1.36. The summed E-state index contributed by atoms with van der Waals surface area (Å²) in [6.45, 7) is 11.2. The first-order valence-electron chi connectivity index (χ1n) is 13.1. The Hall–Kier alpha value is -0.380. The standard InChI is InChI=1S/C27H43NO2/c1-15-5-8-22-16(2)25-23(28(22)14-15)12-21-19-7-6-17-11-18(29)9-10-26(17,3)20(19)13-24(30)27(21,25)4/h6,15-16,18-25,29-30H,5,7-14H2,1-4H3/t15?,16?,18?,19?,20?,21?,22?,23?,24?,25?,26-,27+/m0/s1. The van der Waals surface area contributed by atoms with Crippen LogP contribution < -0.4 is 0 Å². The lowest BCUT2D eigenvalue weighted by atomic mass is 9.46. The highest BCUT2D eigenvalue weighted by molar-refractivity contribution is 5.27. The molecular formula is C27H43NO2. The number of nitrogens with zero attached hydrogens (tertiary/aromatic N) is 1. The van der Waals surface area contributed by atoms with Gasteiger partial charge in [0.05, 0.1) is 12.2 Å². The number of piperidine rings is 1. The quantitative estimate of drug-likeness (QED) is 0.569. The second-order valence-electron chi connectivity index (χ2n) is 12.9. The lowest BCUT2D eigenvalue weighted by molar-refractivity contribution is -0.135. The van der Waals surface area contributed by atoms with Crippen LogP contribution in [0.1, 0.15) is 79.1 Å². The summed E-state index contributed by atoms with van der Waals surface area (Å²) < 4.78 is 0. The number of fused-ring (bicyclic) bond motifs is 9. The molecule has 5 fully saturated rings. The fraction of sp³-hybridized carbons (Fsp3) is 0.926. The first-order chi connectivity index (χ1) is 14.2. The Morgan fingerprint density at radius 1 is 1.00 bits per heavy atom. The Bertz CT molecular complexity index is 749. The normalized spacial score (nSPS) is 60.1. The van der Waals surface area contributed by atoms with Crippen LogP contribution in [-0.2, 0) is 0 Å². The van der Waals surface area contributed by atoms with Gasteiger partial charge < -0.3 is 10.2 Å². The van der Waals surface area contributed by atoms with Crippen LogP contribution >= 0.6 is 0 Å². The number of allylic oxidation sites excluding steroid dienone is 1. The smallest absolute Gasteiger partial charge is 0.0603 e.